The summed E-state index contributed by atoms with van der Waals surface area (Å²) in [6, 6.07) is 8.11. The molecule has 0 amide bonds. The van der Waals surface area contributed by atoms with Crippen molar-refractivity contribution in [3.05, 3.63) is 51.3 Å². The van der Waals surface area contributed by atoms with Crippen molar-refractivity contribution in [3.8, 4) is 0 Å². The van der Waals surface area contributed by atoms with Crippen LogP contribution in [-0.4, -0.2) is 13.4 Å². The molecular formula is C11H8ClIN2O2S. The Bertz CT molecular complexity index is 662. The van der Waals surface area contributed by atoms with Crippen LogP contribution in [0.4, 0.5) is 5.69 Å². The van der Waals surface area contributed by atoms with E-state index in [9.17, 15) is 8.42 Å². The van der Waals surface area contributed by atoms with E-state index < -0.39 is 10.0 Å². The lowest BCUT2D eigenvalue weighted by atomic mass is 10.3. The van der Waals surface area contributed by atoms with Gasteiger partial charge in [-0.05, 0) is 52.9 Å². The first-order valence-electron chi connectivity index (χ1n) is 4.87. The number of halogens is 2. The molecule has 1 aromatic carbocycles. The maximum Gasteiger partial charge on any atom is 0.263 e. The topological polar surface area (TPSA) is 59.1 Å². The minimum absolute atomic E-state index is 0.0969. The highest BCUT2D eigenvalue weighted by atomic mass is 127. The number of hydrogen-bond donors (Lipinski definition) is 1. The first-order valence-corrected chi connectivity index (χ1v) is 7.81. The number of pyridine rings is 1. The van der Waals surface area contributed by atoms with E-state index >= 15 is 0 Å². The van der Waals surface area contributed by atoms with Gasteiger partial charge in [-0.25, -0.2) is 8.42 Å². The number of nitrogens with zero attached hydrogens (tertiary/aromatic N) is 1. The van der Waals surface area contributed by atoms with Crippen molar-refractivity contribution in [2.45, 2.75) is 4.90 Å². The summed E-state index contributed by atoms with van der Waals surface area (Å²) in [6.07, 6.45) is 2.79. The molecule has 0 unspecified atom stereocenters. The van der Waals surface area contributed by atoms with Crippen molar-refractivity contribution in [2.24, 2.45) is 0 Å². The molecule has 1 aromatic heterocycles. The number of rotatable bonds is 3. The van der Waals surface area contributed by atoms with E-state index in [2.05, 4.69) is 32.3 Å². The molecule has 0 fully saturated rings. The van der Waals surface area contributed by atoms with Gasteiger partial charge >= 0.3 is 0 Å². The van der Waals surface area contributed by atoms with Crippen LogP contribution >= 0.6 is 34.2 Å². The number of anilines is 1. The monoisotopic (exact) mass is 394 g/mol. The van der Waals surface area contributed by atoms with E-state index in [0.29, 0.717) is 10.7 Å². The molecule has 0 saturated carbocycles. The molecule has 1 N–H and O–H groups in total. The van der Waals surface area contributed by atoms with Gasteiger partial charge in [0.25, 0.3) is 10.0 Å². The fraction of sp³-hybridized carbons (Fsp3) is 0. The minimum atomic E-state index is -3.65. The van der Waals surface area contributed by atoms with Crippen molar-refractivity contribution < 1.29 is 8.42 Å². The Hall–Kier alpha value is -0.860. The van der Waals surface area contributed by atoms with E-state index in [0.717, 1.165) is 3.57 Å². The molecule has 1 heterocycles. The van der Waals surface area contributed by atoms with Crippen LogP contribution in [0.25, 0.3) is 0 Å². The van der Waals surface area contributed by atoms with Gasteiger partial charge in [-0.1, -0.05) is 11.6 Å². The van der Waals surface area contributed by atoms with E-state index in [1.165, 1.54) is 18.5 Å². The summed E-state index contributed by atoms with van der Waals surface area (Å²) >= 11 is 8.07. The number of benzene rings is 1. The fourth-order valence-corrected chi connectivity index (χ4v) is 3.28. The lowest BCUT2D eigenvalue weighted by molar-refractivity contribution is 0.601. The van der Waals surface area contributed by atoms with Gasteiger partial charge in [0.05, 0.1) is 10.7 Å². The van der Waals surface area contributed by atoms with Crippen molar-refractivity contribution in [1.29, 1.82) is 0 Å². The first kappa shape index (κ1) is 13.6. The molecule has 0 bridgehead atoms. The zero-order valence-electron chi connectivity index (χ0n) is 8.97. The molecule has 0 radical (unpaired) electrons. The lowest BCUT2D eigenvalue weighted by Gasteiger charge is -2.09. The van der Waals surface area contributed by atoms with Crippen LogP contribution in [0.2, 0.25) is 5.02 Å². The molecule has 4 nitrogen and oxygen atoms in total. The highest BCUT2D eigenvalue weighted by Gasteiger charge is 2.15. The van der Waals surface area contributed by atoms with Gasteiger partial charge in [-0.2, -0.15) is 0 Å². The molecule has 94 valence electrons. The van der Waals surface area contributed by atoms with E-state index in [1.807, 2.05) is 0 Å². The summed E-state index contributed by atoms with van der Waals surface area (Å²) in [7, 11) is -3.65. The molecule has 0 aliphatic carbocycles. The predicted molar refractivity (Wildman–Crippen MR) is 79.2 cm³/mol. The van der Waals surface area contributed by atoms with Gasteiger partial charge in [-0.3, -0.25) is 9.71 Å². The van der Waals surface area contributed by atoms with Crippen LogP contribution in [-0.2, 0) is 10.0 Å². The summed E-state index contributed by atoms with van der Waals surface area (Å²) < 4.78 is 27.4. The number of sulfonamides is 1. The molecule has 2 rings (SSSR count). The second-order valence-corrected chi connectivity index (χ2v) is 6.75. The molecule has 0 atom stereocenters. The maximum absolute atomic E-state index is 12.0. The normalized spacial score (nSPS) is 11.2. The van der Waals surface area contributed by atoms with Gasteiger partial charge in [0.15, 0.2) is 0 Å². The van der Waals surface area contributed by atoms with Gasteiger partial charge in [-0.15, -0.1) is 0 Å². The van der Waals surface area contributed by atoms with Crippen molar-refractivity contribution in [3.63, 3.8) is 0 Å². The molecule has 0 aliphatic rings. The summed E-state index contributed by atoms with van der Waals surface area (Å²) in [4.78, 5) is 3.87. The maximum atomic E-state index is 12.0. The molecule has 0 saturated heterocycles. The average molecular weight is 395 g/mol. The van der Waals surface area contributed by atoms with Gasteiger partial charge < -0.3 is 0 Å². The average Bonchev–Trinajstić information content (AvgIpc) is 2.34. The van der Waals surface area contributed by atoms with E-state index in [1.54, 1.807) is 24.3 Å². The predicted octanol–water partition coefficient (Wildman–Crippen LogP) is 3.14. The third kappa shape index (κ3) is 3.12. The van der Waals surface area contributed by atoms with Crippen LogP contribution in [0.1, 0.15) is 0 Å². The quantitative estimate of drug-likeness (QED) is 0.814. The Kier molecular flexibility index (Phi) is 4.08. The fourth-order valence-electron chi connectivity index (χ4n) is 1.28. The third-order valence-corrected chi connectivity index (χ3v) is 4.45. The van der Waals surface area contributed by atoms with Crippen LogP contribution in [0.3, 0.4) is 0 Å². The molecule has 0 aliphatic heterocycles. The second kappa shape index (κ2) is 5.41. The smallest absolute Gasteiger partial charge is 0.263 e. The highest BCUT2D eigenvalue weighted by molar-refractivity contribution is 14.1. The van der Waals surface area contributed by atoms with Crippen molar-refractivity contribution >= 4 is 49.9 Å². The zero-order valence-corrected chi connectivity index (χ0v) is 12.7. The Balaban J connectivity index is 2.34. The SMILES string of the molecule is O=S(=O)(Nc1ccc(I)cc1Cl)c1cccnc1. The van der Waals surface area contributed by atoms with Crippen LogP contribution in [0, 0.1) is 3.57 Å². The van der Waals surface area contributed by atoms with Crippen molar-refractivity contribution in [1.82, 2.24) is 4.98 Å². The number of aromatic nitrogens is 1. The molecule has 18 heavy (non-hydrogen) atoms. The van der Waals surface area contributed by atoms with Crippen LogP contribution < -0.4 is 4.72 Å². The van der Waals surface area contributed by atoms with Crippen LogP contribution in [0.15, 0.2) is 47.6 Å². The lowest BCUT2D eigenvalue weighted by Crippen LogP contribution is -2.13. The summed E-state index contributed by atoms with van der Waals surface area (Å²) in [5.41, 5.74) is 0.348. The number of hydrogen-bond acceptors (Lipinski definition) is 3. The number of nitrogens with one attached hydrogen (secondary N) is 1. The largest absolute Gasteiger partial charge is 0.278 e. The first-order chi connectivity index (χ1) is 8.49. The van der Waals surface area contributed by atoms with E-state index in [-0.39, 0.29) is 4.90 Å². The molecule has 0 spiro atoms. The van der Waals surface area contributed by atoms with Crippen LogP contribution in [0.5, 0.6) is 0 Å². The Morgan fingerprint density at radius 2 is 2.06 bits per heavy atom. The Morgan fingerprint density at radius 3 is 2.67 bits per heavy atom. The Labute approximate surface area is 124 Å². The Morgan fingerprint density at radius 1 is 1.28 bits per heavy atom. The van der Waals surface area contributed by atoms with E-state index in [4.69, 9.17) is 11.6 Å². The molecule has 2 aromatic rings. The second-order valence-electron chi connectivity index (χ2n) is 3.42. The third-order valence-electron chi connectivity index (χ3n) is 2.12. The van der Waals surface area contributed by atoms with Gasteiger partial charge in [0.2, 0.25) is 0 Å². The zero-order chi connectivity index (χ0) is 13.2. The minimum Gasteiger partial charge on any atom is -0.278 e. The molecular weight excluding hydrogens is 387 g/mol. The standard InChI is InChI=1S/C11H8ClIN2O2S/c12-10-6-8(13)3-4-11(10)15-18(16,17)9-2-1-5-14-7-9/h1-7,15H. The van der Waals surface area contributed by atoms with Gasteiger partial charge in [0, 0.05) is 16.0 Å². The summed E-state index contributed by atoms with van der Waals surface area (Å²) in [5, 5.41) is 0.356. The van der Waals surface area contributed by atoms with Gasteiger partial charge in [0.1, 0.15) is 4.90 Å². The highest BCUT2D eigenvalue weighted by Crippen LogP contribution is 2.26. The summed E-state index contributed by atoms with van der Waals surface area (Å²) in [6.45, 7) is 0. The molecule has 7 heteroatoms. The van der Waals surface area contributed by atoms with Crippen molar-refractivity contribution in [2.75, 3.05) is 4.72 Å². The summed E-state index contributed by atoms with van der Waals surface area (Å²) in [5.74, 6) is 0.